The number of hydrogen-bond acceptors (Lipinski definition) is 4. The monoisotopic (exact) mass is 337 g/mol. The molecular weight excluding hydrogens is 321 g/mol. The standard InChI is InChI=1S/C15H16FN3O3S/c1-19-8-11(7-17-19)13-6-14(13)15(20)18-23(21,22)9-10-2-4-12(16)5-3-10/h2-5,7-8,13-14H,6,9H2,1H3,(H,18,20)/t13-,14+/m1/s1. The van der Waals surface area contributed by atoms with E-state index in [9.17, 15) is 17.6 Å². The second-order valence-electron chi connectivity index (χ2n) is 5.75. The van der Waals surface area contributed by atoms with E-state index in [4.69, 9.17) is 0 Å². The zero-order valence-corrected chi connectivity index (χ0v) is 13.3. The molecule has 1 amide bonds. The van der Waals surface area contributed by atoms with Gasteiger partial charge in [0.2, 0.25) is 15.9 Å². The summed E-state index contributed by atoms with van der Waals surface area (Å²) in [7, 11) is -2.01. The van der Waals surface area contributed by atoms with Crippen molar-refractivity contribution in [1.29, 1.82) is 0 Å². The molecule has 1 aromatic heterocycles. The van der Waals surface area contributed by atoms with Crippen LogP contribution >= 0.6 is 0 Å². The Morgan fingerprint density at radius 3 is 2.70 bits per heavy atom. The smallest absolute Gasteiger partial charge is 0.239 e. The second kappa shape index (κ2) is 5.77. The van der Waals surface area contributed by atoms with Gasteiger partial charge >= 0.3 is 0 Å². The fourth-order valence-electron chi connectivity index (χ4n) is 2.55. The second-order valence-corrected chi connectivity index (χ2v) is 7.47. The third-order valence-electron chi connectivity index (χ3n) is 3.81. The highest BCUT2D eigenvalue weighted by Crippen LogP contribution is 2.47. The quantitative estimate of drug-likeness (QED) is 0.892. The molecule has 23 heavy (non-hydrogen) atoms. The van der Waals surface area contributed by atoms with Gasteiger partial charge in [0.25, 0.3) is 0 Å². The van der Waals surface area contributed by atoms with Crippen molar-refractivity contribution in [3.05, 3.63) is 53.6 Å². The van der Waals surface area contributed by atoms with Crippen LogP contribution < -0.4 is 4.72 Å². The number of sulfonamides is 1. The van der Waals surface area contributed by atoms with E-state index in [2.05, 4.69) is 9.82 Å². The first-order valence-corrected chi connectivity index (χ1v) is 8.76. The number of amides is 1. The Morgan fingerprint density at radius 2 is 2.09 bits per heavy atom. The Morgan fingerprint density at radius 1 is 1.39 bits per heavy atom. The number of hydrogen-bond donors (Lipinski definition) is 1. The fourth-order valence-corrected chi connectivity index (χ4v) is 3.71. The van der Waals surface area contributed by atoms with Gasteiger partial charge in [-0.1, -0.05) is 12.1 Å². The summed E-state index contributed by atoms with van der Waals surface area (Å²) in [4.78, 5) is 12.1. The van der Waals surface area contributed by atoms with Gasteiger partial charge in [0.1, 0.15) is 5.82 Å². The number of benzene rings is 1. The molecule has 3 rings (SSSR count). The molecule has 0 saturated heterocycles. The number of aromatic nitrogens is 2. The average molecular weight is 337 g/mol. The van der Waals surface area contributed by atoms with Crippen molar-refractivity contribution in [2.24, 2.45) is 13.0 Å². The highest BCUT2D eigenvalue weighted by molar-refractivity contribution is 7.89. The summed E-state index contributed by atoms with van der Waals surface area (Å²) in [6.07, 6.45) is 4.12. The molecule has 8 heteroatoms. The Kier molecular flexibility index (Phi) is 3.93. The zero-order chi connectivity index (χ0) is 16.6. The summed E-state index contributed by atoms with van der Waals surface area (Å²) in [6, 6.07) is 5.14. The molecule has 1 aromatic carbocycles. The molecule has 1 aliphatic carbocycles. The maximum atomic E-state index is 12.8. The molecule has 0 unspecified atom stereocenters. The average Bonchev–Trinajstić information content (AvgIpc) is 3.16. The number of aryl methyl sites for hydroxylation is 1. The van der Waals surface area contributed by atoms with E-state index in [1.54, 1.807) is 17.9 Å². The molecule has 0 bridgehead atoms. The Hall–Kier alpha value is -2.22. The van der Waals surface area contributed by atoms with Gasteiger partial charge in [-0.2, -0.15) is 5.10 Å². The lowest BCUT2D eigenvalue weighted by Gasteiger charge is -2.06. The lowest BCUT2D eigenvalue weighted by atomic mass is 10.2. The van der Waals surface area contributed by atoms with E-state index in [0.717, 1.165) is 5.56 Å². The van der Waals surface area contributed by atoms with Gasteiger partial charge in [-0.05, 0) is 35.6 Å². The van der Waals surface area contributed by atoms with Crippen LogP contribution in [0.15, 0.2) is 36.7 Å². The summed E-state index contributed by atoms with van der Waals surface area (Å²) < 4.78 is 40.6. The Labute approximate surface area is 133 Å². The van der Waals surface area contributed by atoms with Crippen molar-refractivity contribution in [1.82, 2.24) is 14.5 Å². The molecule has 1 heterocycles. The minimum atomic E-state index is -3.79. The minimum absolute atomic E-state index is 0.0183. The van der Waals surface area contributed by atoms with Crippen molar-refractivity contribution >= 4 is 15.9 Å². The third kappa shape index (κ3) is 3.76. The molecule has 1 fully saturated rings. The number of nitrogens with zero attached hydrogens (tertiary/aromatic N) is 2. The predicted octanol–water partition coefficient (Wildman–Crippen LogP) is 1.31. The summed E-state index contributed by atoms with van der Waals surface area (Å²) in [6.45, 7) is 0. The van der Waals surface area contributed by atoms with E-state index in [1.807, 2.05) is 6.20 Å². The van der Waals surface area contributed by atoms with E-state index in [0.29, 0.717) is 12.0 Å². The maximum Gasteiger partial charge on any atom is 0.239 e. The SMILES string of the molecule is Cn1cc([C@H]2C[C@@H]2C(=O)NS(=O)(=O)Cc2ccc(F)cc2)cn1. The van der Waals surface area contributed by atoms with Crippen LogP contribution in [0.3, 0.4) is 0 Å². The largest absolute Gasteiger partial charge is 0.276 e. The van der Waals surface area contributed by atoms with Crippen LogP contribution in [-0.2, 0) is 27.6 Å². The Balaban J connectivity index is 1.60. The van der Waals surface area contributed by atoms with Crippen molar-refractivity contribution in [2.75, 3.05) is 0 Å². The lowest BCUT2D eigenvalue weighted by molar-refractivity contribution is -0.120. The minimum Gasteiger partial charge on any atom is -0.276 e. The maximum absolute atomic E-state index is 12.8. The first-order valence-electron chi connectivity index (χ1n) is 7.11. The number of halogens is 1. The molecule has 0 aliphatic heterocycles. The molecular formula is C15H16FN3O3S. The third-order valence-corrected chi connectivity index (χ3v) is 5.03. The van der Waals surface area contributed by atoms with Crippen molar-refractivity contribution in [2.45, 2.75) is 18.1 Å². The first kappa shape index (κ1) is 15.7. The zero-order valence-electron chi connectivity index (χ0n) is 12.4. The highest BCUT2D eigenvalue weighted by Gasteiger charge is 2.45. The van der Waals surface area contributed by atoms with E-state index in [-0.39, 0.29) is 17.6 Å². The van der Waals surface area contributed by atoms with Crippen LogP contribution in [0.4, 0.5) is 4.39 Å². The normalized spacial score (nSPS) is 20.3. The van der Waals surface area contributed by atoms with Gasteiger partial charge in [0.15, 0.2) is 0 Å². The van der Waals surface area contributed by atoms with Crippen molar-refractivity contribution in [3.63, 3.8) is 0 Å². The summed E-state index contributed by atoms with van der Waals surface area (Å²) >= 11 is 0. The predicted molar refractivity (Wildman–Crippen MR) is 81.2 cm³/mol. The van der Waals surface area contributed by atoms with Gasteiger partial charge in [0.05, 0.1) is 11.9 Å². The number of nitrogens with one attached hydrogen (secondary N) is 1. The van der Waals surface area contributed by atoms with E-state index in [1.165, 1.54) is 24.3 Å². The molecule has 6 nitrogen and oxygen atoms in total. The molecule has 1 N–H and O–H groups in total. The molecule has 0 radical (unpaired) electrons. The summed E-state index contributed by atoms with van der Waals surface area (Å²) in [5.41, 5.74) is 1.36. The van der Waals surface area contributed by atoms with Gasteiger partial charge in [-0.25, -0.2) is 12.8 Å². The van der Waals surface area contributed by atoms with Crippen LogP contribution in [0.5, 0.6) is 0 Å². The molecule has 2 atom stereocenters. The summed E-state index contributed by atoms with van der Waals surface area (Å²) in [5.74, 6) is -1.62. The first-order chi connectivity index (χ1) is 10.8. The number of carbonyl (C=O) groups is 1. The van der Waals surface area contributed by atoms with Crippen LogP contribution in [0.2, 0.25) is 0 Å². The van der Waals surface area contributed by atoms with Crippen LogP contribution in [0.25, 0.3) is 0 Å². The Bertz CT molecular complexity index is 830. The lowest BCUT2D eigenvalue weighted by Crippen LogP contribution is -2.33. The topological polar surface area (TPSA) is 81.1 Å². The van der Waals surface area contributed by atoms with Crippen molar-refractivity contribution < 1.29 is 17.6 Å². The van der Waals surface area contributed by atoms with E-state index >= 15 is 0 Å². The molecule has 1 saturated carbocycles. The molecule has 0 spiro atoms. The molecule has 1 aliphatic rings. The van der Waals surface area contributed by atoms with Crippen LogP contribution in [0.1, 0.15) is 23.5 Å². The van der Waals surface area contributed by atoms with Gasteiger partial charge < -0.3 is 0 Å². The molecule has 2 aromatic rings. The van der Waals surface area contributed by atoms with Crippen LogP contribution in [-0.4, -0.2) is 24.1 Å². The van der Waals surface area contributed by atoms with Gasteiger partial charge in [-0.3, -0.25) is 14.2 Å². The van der Waals surface area contributed by atoms with Crippen LogP contribution in [0, 0.1) is 11.7 Å². The van der Waals surface area contributed by atoms with E-state index < -0.39 is 21.7 Å². The number of carbonyl (C=O) groups excluding carboxylic acids is 1. The summed E-state index contributed by atoms with van der Waals surface area (Å²) in [5, 5.41) is 4.05. The van der Waals surface area contributed by atoms with Gasteiger partial charge in [-0.15, -0.1) is 0 Å². The fraction of sp³-hybridized carbons (Fsp3) is 0.333. The number of rotatable bonds is 5. The van der Waals surface area contributed by atoms with Crippen molar-refractivity contribution in [3.8, 4) is 0 Å². The molecule has 122 valence electrons. The van der Waals surface area contributed by atoms with Gasteiger partial charge in [0, 0.05) is 19.2 Å². The highest BCUT2D eigenvalue weighted by atomic mass is 32.2.